The van der Waals surface area contributed by atoms with E-state index in [1.54, 1.807) is 12.3 Å². The van der Waals surface area contributed by atoms with Gasteiger partial charge in [-0.05, 0) is 43.2 Å². The van der Waals surface area contributed by atoms with Gasteiger partial charge in [-0.15, -0.1) is 13.2 Å². The van der Waals surface area contributed by atoms with Gasteiger partial charge < -0.3 is 14.2 Å². The second kappa shape index (κ2) is 7.51. The van der Waals surface area contributed by atoms with Gasteiger partial charge in [-0.1, -0.05) is 29.4 Å². The Labute approximate surface area is 184 Å². The molecule has 3 heterocycles. The quantitative estimate of drug-likeness (QED) is 0.409. The number of halogens is 3. The number of aromatic amines is 1. The van der Waals surface area contributed by atoms with E-state index in [4.69, 9.17) is 4.52 Å². The van der Waals surface area contributed by atoms with E-state index in [1.165, 1.54) is 22.8 Å². The number of benzene rings is 2. The second-order valence-corrected chi connectivity index (χ2v) is 7.66. The zero-order valence-corrected chi connectivity index (χ0v) is 17.5. The molecule has 5 rings (SSSR count). The highest BCUT2D eigenvalue weighted by Crippen LogP contribution is 2.31. The Morgan fingerprint density at radius 3 is 2.70 bits per heavy atom. The van der Waals surface area contributed by atoms with Crippen molar-refractivity contribution in [1.82, 2.24) is 19.7 Å². The lowest BCUT2D eigenvalue weighted by Crippen LogP contribution is -2.18. The summed E-state index contributed by atoms with van der Waals surface area (Å²) >= 11 is 0. The molecule has 0 atom stereocenters. The van der Waals surface area contributed by atoms with Crippen molar-refractivity contribution in [1.29, 1.82) is 0 Å². The van der Waals surface area contributed by atoms with Crippen molar-refractivity contribution >= 4 is 21.9 Å². The van der Waals surface area contributed by atoms with Crippen LogP contribution in [-0.2, 0) is 6.54 Å². The summed E-state index contributed by atoms with van der Waals surface area (Å²) in [6, 6.07) is 11.2. The number of nitrogens with one attached hydrogen (secondary N) is 1. The molecule has 0 saturated carbocycles. The lowest BCUT2D eigenvalue weighted by atomic mass is 10.0. The minimum atomic E-state index is -4.79. The maximum absolute atomic E-state index is 12.7. The van der Waals surface area contributed by atoms with Gasteiger partial charge >= 0.3 is 12.1 Å². The first-order valence-electron chi connectivity index (χ1n) is 9.99. The van der Waals surface area contributed by atoms with Crippen LogP contribution in [0.1, 0.15) is 17.0 Å². The van der Waals surface area contributed by atoms with Crippen molar-refractivity contribution in [3.05, 3.63) is 76.2 Å². The van der Waals surface area contributed by atoms with E-state index in [2.05, 4.69) is 19.9 Å². The molecule has 7 nitrogen and oxygen atoms in total. The molecule has 168 valence electrons. The van der Waals surface area contributed by atoms with Crippen molar-refractivity contribution in [3.63, 3.8) is 0 Å². The van der Waals surface area contributed by atoms with Gasteiger partial charge in [-0.25, -0.2) is 4.79 Å². The number of hydrogen-bond acceptors (Lipinski definition) is 5. The Bertz CT molecular complexity index is 1540. The van der Waals surface area contributed by atoms with Crippen LogP contribution in [0.4, 0.5) is 13.2 Å². The van der Waals surface area contributed by atoms with Crippen LogP contribution in [0.25, 0.3) is 33.1 Å². The Morgan fingerprint density at radius 2 is 1.97 bits per heavy atom. The Kier molecular flexibility index (Phi) is 4.73. The molecule has 5 aromatic rings. The summed E-state index contributed by atoms with van der Waals surface area (Å²) in [5.41, 5.74) is 4.40. The molecule has 0 aliphatic carbocycles. The number of pyridine rings is 1. The van der Waals surface area contributed by atoms with Crippen molar-refractivity contribution in [2.24, 2.45) is 0 Å². The first-order chi connectivity index (χ1) is 15.7. The molecule has 0 amide bonds. The van der Waals surface area contributed by atoms with Crippen molar-refractivity contribution in [2.45, 2.75) is 26.8 Å². The molecule has 0 bridgehead atoms. The van der Waals surface area contributed by atoms with Crippen molar-refractivity contribution in [3.8, 4) is 16.9 Å². The molecule has 1 N–H and O–H groups in total. The third kappa shape index (κ3) is 3.84. The summed E-state index contributed by atoms with van der Waals surface area (Å²) in [6.45, 7) is 3.74. The molecule has 33 heavy (non-hydrogen) atoms. The number of imidazole rings is 1. The number of alkyl halides is 3. The molecular formula is C23H17F3N4O3. The molecule has 3 aromatic heterocycles. The van der Waals surface area contributed by atoms with E-state index < -0.39 is 12.1 Å². The monoisotopic (exact) mass is 454 g/mol. The van der Waals surface area contributed by atoms with E-state index in [9.17, 15) is 18.0 Å². The standard InChI is InChI=1S/C23H17F3N4O3/c1-12-20(13(2)33-29-12)15-6-7-17-18(9-15)27-10-19-21(17)30(22(31)28-19)11-14-4-3-5-16(8-14)32-23(24,25)26/h3-10H,11H2,1-2H3,(H,28,31). The zero-order valence-electron chi connectivity index (χ0n) is 17.5. The SMILES string of the molecule is Cc1noc(C)c1-c1ccc2c(c1)ncc1[nH]c(=O)n(Cc3cccc(OC(F)(F)F)c3)c12. The van der Waals surface area contributed by atoms with E-state index in [1.807, 2.05) is 32.0 Å². The minimum Gasteiger partial charge on any atom is -0.406 e. The van der Waals surface area contributed by atoms with Crippen LogP contribution in [0.15, 0.2) is 58.0 Å². The number of hydrogen-bond donors (Lipinski definition) is 1. The fraction of sp³-hybridized carbons (Fsp3) is 0.174. The first-order valence-corrected chi connectivity index (χ1v) is 9.99. The van der Waals surface area contributed by atoms with Crippen LogP contribution >= 0.6 is 0 Å². The molecule has 0 radical (unpaired) electrons. The summed E-state index contributed by atoms with van der Waals surface area (Å²) in [7, 11) is 0. The van der Waals surface area contributed by atoms with Gasteiger partial charge in [0.25, 0.3) is 0 Å². The van der Waals surface area contributed by atoms with Crippen LogP contribution in [0.2, 0.25) is 0 Å². The maximum Gasteiger partial charge on any atom is 0.573 e. The summed E-state index contributed by atoms with van der Waals surface area (Å²) in [5.74, 6) is 0.343. The molecule has 10 heteroatoms. The average molecular weight is 454 g/mol. The second-order valence-electron chi connectivity index (χ2n) is 7.66. The molecule has 0 spiro atoms. The van der Waals surface area contributed by atoms with E-state index in [0.29, 0.717) is 27.9 Å². The summed E-state index contributed by atoms with van der Waals surface area (Å²) in [6.07, 6.45) is -3.23. The predicted octanol–water partition coefficient (Wildman–Crippen LogP) is 5.10. The molecular weight excluding hydrogens is 437 g/mol. The van der Waals surface area contributed by atoms with E-state index >= 15 is 0 Å². The van der Waals surface area contributed by atoms with Gasteiger partial charge in [0, 0.05) is 10.9 Å². The fourth-order valence-corrected chi connectivity index (χ4v) is 4.07. The van der Waals surface area contributed by atoms with Crippen LogP contribution in [0, 0.1) is 13.8 Å². The summed E-state index contributed by atoms with van der Waals surface area (Å²) in [4.78, 5) is 19.9. The van der Waals surface area contributed by atoms with Gasteiger partial charge in [0.05, 0.1) is 35.0 Å². The Hall–Kier alpha value is -4.08. The van der Waals surface area contributed by atoms with Gasteiger partial charge in [0.15, 0.2) is 0 Å². The lowest BCUT2D eigenvalue weighted by molar-refractivity contribution is -0.274. The van der Waals surface area contributed by atoms with Gasteiger partial charge in [-0.2, -0.15) is 0 Å². The van der Waals surface area contributed by atoms with Crippen LogP contribution in [-0.4, -0.2) is 26.1 Å². The molecule has 2 aromatic carbocycles. The Morgan fingerprint density at radius 1 is 1.15 bits per heavy atom. The number of aryl methyl sites for hydroxylation is 2. The minimum absolute atomic E-state index is 0.0542. The van der Waals surface area contributed by atoms with E-state index in [0.717, 1.165) is 22.2 Å². The molecule has 0 fully saturated rings. The number of aromatic nitrogens is 4. The predicted molar refractivity (Wildman–Crippen MR) is 115 cm³/mol. The third-order valence-corrected chi connectivity index (χ3v) is 5.39. The number of rotatable bonds is 4. The highest BCUT2D eigenvalue weighted by atomic mass is 19.4. The lowest BCUT2D eigenvalue weighted by Gasteiger charge is -2.11. The summed E-state index contributed by atoms with van der Waals surface area (Å²) in [5, 5.41) is 4.72. The molecule has 0 aliphatic heterocycles. The van der Waals surface area contributed by atoms with Crippen molar-refractivity contribution < 1.29 is 22.4 Å². The van der Waals surface area contributed by atoms with Crippen LogP contribution in [0.3, 0.4) is 0 Å². The fourth-order valence-electron chi connectivity index (χ4n) is 4.07. The first kappa shape index (κ1) is 20.8. The van der Waals surface area contributed by atoms with Gasteiger partial charge in [0.1, 0.15) is 11.5 Å². The highest BCUT2D eigenvalue weighted by molar-refractivity contribution is 6.03. The van der Waals surface area contributed by atoms with Crippen LogP contribution < -0.4 is 10.4 Å². The normalized spacial score (nSPS) is 12.0. The highest BCUT2D eigenvalue weighted by Gasteiger charge is 2.31. The summed E-state index contributed by atoms with van der Waals surface area (Å²) < 4.78 is 48.5. The van der Waals surface area contributed by atoms with E-state index in [-0.39, 0.29) is 12.3 Å². The molecule has 0 unspecified atom stereocenters. The number of H-pyrrole nitrogens is 1. The topological polar surface area (TPSA) is 85.9 Å². The number of nitrogens with zero attached hydrogens (tertiary/aromatic N) is 3. The third-order valence-electron chi connectivity index (χ3n) is 5.39. The Balaban J connectivity index is 1.61. The number of ether oxygens (including phenoxy) is 1. The molecule has 0 aliphatic rings. The van der Waals surface area contributed by atoms with Crippen LogP contribution in [0.5, 0.6) is 5.75 Å². The average Bonchev–Trinajstić information content (AvgIpc) is 3.25. The van der Waals surface area contributed by atoms with Gasteiger partial charge in [-0.3, -0.25) is 9.55 Å². The van der Waals surface area contributed by atoms with Gasteiger partial charge in [0.2, 0.25) is 0 Å². The smallest absolute Gasteiger partial charge is 0.406 e. The maximum atomic E-state index is 12.7. The van der Waals surface area contributed by atoms with Crippen molar-refractivity contribution in [2.75, 3.05) is 0 Å². The molecule has 0 saturated heterocycles. The largest absolute Gasteiger partial charge is 0.573 e. The number of fused-ring (bicyclic) bond motifs is 3. The zero-order chi connectivity index (χ0) is 23.3.